The number of hydrogen-bond acceptors (Lipinski definition) is 3. The molecule has 1 aromatic carbocycles. The highest BCUT2D eigenvalue weighted by molar-refractivity contribution is 5.99. The zero-order valence-corrected chi connectivity index (χ0v) is 14.1. The lowest BCUT2D eigenvalue weighted by Crippen LogP contribution is -2.22. The quantitative estimate of drug-likeness (QED) is 0.859. The number of likely N-dealkylation sites (tertiary alicyclic amines) is 1. The van der Waals surface area contributed by atoms with E-state index >= 15 is 0 Å². The van der Waals surface area contributed by atoms with Crippen LogP contribution in [0.2, 0.25) is 0 Å². The third-order valence-corrected chi connectivity index (χ3v) is 5.04. The third-order valence-electron chi connectivity index (χ3n) is 5.04. The molecule has 2 aliphatic rings. The first-order valence-corrected chi connectivity index (χ1v) is 9.08. The second-order valence-electron chi connectivity index (χ2n) is 6.76. The number of ether oxygens (including phenoxy) is 1. The lowest BCUT2D eigenvalue weighted by atomic mass is 10.2. The number of rotatable bonds is 5. The van der Waals surface area contributed by atoms with Crippen LogP contribution in [-0.4, -0.2) is 48.2 Å². The number of hydrogen-bond donors (Lipinski definition) is 1. The molecule has 24 heavy (non-hydrogen) atoms. The monoisotopic (exact) mass is 327 g/mol. The summed E-state index contributed by atoms with van der Waals surface area (Å²) in [4.78, 5) is 14.6. The number of aromatic nitrogens is 1. The first-order valence-electron chi connectivity index (χ1n) is 9.08. The molecule has 4 rings (SSSR count). The van der Waals surface area contributed by atoms with Gasteiger partial charge in [0.25, 0.3) is 5.91 Å². The standard InChI is InChI=1S/C19H25N3O2/c23-19-18-14-15-13-16(24-12-4-10-21-8-1-2-9-21)5-6-17(15)22(18)11-3-7-20-19/h5-6,13-14H,1-4,7-12H2,(H,20,23). The number of benzene rings is 1. The third kappa shape index (κ3) is 3.13. The van der Waals surface area contributed by atoms with Crippen LogP contribution in [-0.2, 0) is 6.54 Å². The summed E-state index contributed by atoms with van der Waals surface area (Å²) in [6.07, 6.45) is 4.71. The summed E-state index contributed by atoms with van der Waals surface area (Å²) in [6, 6.07) is 8.13. The number of aryl methyl sites for hydroxylation is 1. The van der Waals surface area contributed by atoms with Crippen molar-refractivity contribution in [3.05, 3.63) is 30.0 Å². The van der Waals surface area contributed by atoms with Crippen molar-refractivity contribution in [2.45, 2.75) is 32.2 Å². The van der Waals surface area contributed by atoms with Crippen LogP contribution in [0.5, 0.6) is 5.75 Å². The molecule has 1 saturated heterocycles. The fourth-order valence-electron chi connectivity index (χ4n) is 3.78. The molecule has 0 atom stereocenters. The van der Waals surface area contributed by atoms with Crippen molar-refractivity contribution in [2.24, 2.45) is 0 Å². The molecule has 0 spiro atoms. The average molecular weight is 327 g/mol. The van der Waals surface area contributed by atoms with Gasteiger partial charge in [-0.25, -0.2) is 0 Å². The fourth-order valence-corrected chi connectivity index (χ4v) is 3.78. The number of carbonyl (C=O) groups is 1. The molecule has 0 unspecified atom stereocenters. The van der Waals surface area contributed by atoms with Crippen LogP contribution in [0.4, 0.5) is 0 Å². The fraction of sp³-hybridized carbons (Fsp3) is 0.526. The van der Waals surface area contributed by atoms with Crippen molar-refractivity contribution < 1.29 is 9.53 Å². The van der Waals surface area contributed by atoms with E-state index in [1.54, 1.807) is 0 Å². The molecule has 5 nitrogen and oxygen atoms in total. The van der Waals surface area contributed by atoms with Gasteiger partial charge >= 0.3 is 0 Å². The second-order valence-corrected chi connectivity index (χ2v) is 6.76. The molecule has 1 fully saturated rings. The van der Waals surface area contributed by atoms with E-state index in [9.17, 15) is 4.79 Å². The number of carbonyl (C=O) groups excluding carboxylic acids is 1. The first-order chi connectivity index (χ1) is 11.8. The summed E-state index contributed by atoms with van der Waals surface area (Å²) in [7, 11) is 0. The highest BCUT2D eigenvalue weighted by Gasteiger charge is 2.18. The molecule has 0 saturated carbocycles. The average Bonchev–Trinajstić information content (AvgIpc) is 3.19. The van der Waals surface area contributed by atoms with Gasteiger partial charge in [0.05, 0.1) is 6.61 Å². The maximum atomic E-state index is 12.1. The van der Waals surface area contributed by atoms with Crippen molar-refractivity contribution in [1.82, 2.24) is 14.8 Å². The Balaban J connectivity index is 1.42. The maximum absolute atomic E-state index is 12.1. The summed E-state index contributed by atoms with van der Waals surface area (Å²) >= 11 is 0. The van der Waals surface area contributed by atoms with Crippen molar-refractivity contribution in [3.63, 3.8) is 0 Å². The summed E-state index contributed by atoms with van der Waals surface area (Å²) in [5, 5.41) is 4.03. The van der Waals surface area contributed by atoms with Gasteiger partial charge in [-0.15, -0.1) is 0 Å². The molecule has 0 bridgehead atoms. The summed E-state index contributed by atoms with van der Waals surface area (Å²) < 4.78 is 8.04. The SMILES string of the molecule is O=C1NCCCn2c1cc1cc(OCCCN3CCCC3)ccc12. The Bertz CT molecular complexity index is 732. The molecule has 3 heterocycles. The Hall–Kier alpha value is -2.01. The topological polar surface area (TPSA) is 46.5 Å². The van der Waals surface area contributed by atoms with Gasteiger partial charge in [0.15, 0.2) is 0 Å². The van der Waals surface area contributed by atoms with E-state index in [2.05, 4.69) is 26.9 Å². The van der Waals surface area contributed by atoms with Crippen LogP contribution >= 0.6 is 0 Å². The number of nitrogens with one attached hydrogen (secondary N) is 1. The Morgan fingerprint density at radius 2 is 1.96 bits per heavy atom. The summed E-state index contributed by atoms with van der Waals surface area (Å²) in [6.45, 7) is 5.99. The molecule has 1 amide bonds. The first kappa shape index (κ1) is 15.5. The predicted octanol–water partition coefficient (Wildman–Crippen LogP) is 2.64. The molecule has 1 N–H and O–H groups in total. The zero-order chi connectivity index (χ0) is 16.4. The van der Waals surface area contributed by atoms with Gasteiger partial charge in [-0.05, 0) is 63.0 Å². The molecule has 2 aliphatic heterocycles. The van der Waals surface area contributed by atoms with Crippen molar-refractivity contribution in [1.29, 1.82) is 0 Å². The Labute approximate surface area is 142 Å². The van der Waals surface area contributed by atoms with Crippen LogP contribution in [0, 0.1) is 0 Å². The minimum atomic E-state index is 0.0248. The Morgan fingerprint density at radius 3 is 2.83 bits per heavy atom. The lowest BCUT2D eigenvalue weighted by Gasteiger charge is -2.14. The van der Waals surface area contributed by atoms with Gasteiger partial charge in [0.1, 0.15) is 11.4 Å². The molecule has 5 heteroatoms. The van der Waals surface area contributed by atoms with Crippen molar-refractivity contribution in [2.75, 3.05) is 32.8 Å². The van der Waals surface area contributed by atoms with Gasteiger partial charge in [-0.1, -0.05) is 0 Å². The molecular formula is C19H25N3O2. The second kappa shape index (κ2) is 6.85. The van der Waals surface area contributed by atoms with Crippen molar-refractivity contribution >= 4 is 16.8 Å². The summed E-state index contributed by atoms with van der Waals surface area (Å²) in [5.41, 5.74) is 1.88. The normalized spacial score (nSPS) is 18.4. The molecule has 0 aliphatic carbocycles. The van der Waals surface area contributed by atoms with Gasteiger partial charge < -0.3 is 19.5 Å². The van der Waals surface area contributed by atoms with E-state index in [4.69, 9.17) is 4.74 Å². The van der Waals surface area contributed by atoms with E-state index in [-0.39, 0.29) is 5.91 Å². The van der Waals surface area contributed by atoms with E-state index in [0.717, 1.165) is 61.4 Å². The Kier molecular flexibility index (Phi) is 4.43. The van der Waals surface area contributed by atoms with E-state index < -0.39 is 0 Å². The van der Waals surface area contributed by atoms with E-state index in [1.807, 2.05) is 12.1 Å². The van der Waals surface area contributed by atoms with Gasteiger partial charge in [-0.2, -0.15) is 0 Å². The van der Waals surface area contributed by atoms with Crippen LogP contribution in [0.3, 0.4) is 0 Å². The van der Waals surface area contributed by atoms with Gasteiger partial charge in [0, 0.05) is 30.5 Å². The minimum Gasteiger partial charge on any atom is -0.494 e. The largest absolute Gasteiger partial charge is 0.494 e. The van der Waals surface area contributed by atoms with Gasteiger partial charge in [0.2, 0.25) is 0 Å². The van der Waals surface area contributed by atoms with E-state index in [1.165, 1.54) is 25.9 Å². The summed E-state index contributed by atoms with van der Waals surface area (Å²) in [5.74, 6) is 0.918. The lowest BCUT2D eigenvalue weighted by molar-refractivity contribution is 0.0951. The Morgan fingerprint density at radius 1 is 1.08 bits per heavy atom. The minimum absolute atomic E-state index is 0.0248. The van der Waals surface area contributed by atoms with Crippen LogP contribution in [0.25, 0.3) is 10.9 Å². The van der Waals surface area contributed by atoms with Crippen LogP contribution in [0.1, 0.15) is 36.2 Å². The molecule has 1 aromatic heterocycles. The smallest absolute Gasteiger partial charge is 0.267 e. The number of fused-ring (bicyclic) bond motifs is 3. The molecule has 0 radical (unpaired) electrons. The number of nitrogens with zero attached hydrogens (tertiary/aromatic N) is 2. The molecule has 2 aromatic rings. The van der Waals surface area contributed by atoms with Crippen LogP contribution < -0.4 is 10.1 Å². The maximum Gasteiger partial charge on any atom is 0.267 e. The van der Waals surface area contributed by atoms with E-state index in [0.29, 0.717) is 0 Å². The van der Waals surface area contributed by atoms with Crippen molar-refractivity contribution in [3.8, 4) is 5.75 Å². The molecular weight excluding hydrogens is 302 g/mol. The highest BCUT2D eigenvalue weighted by atomic mass is 16.5. The van der Waals surface area contributed by atoms with Crippen LogP contribution in [0.15, 0.2) is 24.3 Å². The molecule has 128 valence electrons. The zero-order valence-electron chi connectivity index (χ0n) is 14.1. The number of amides is 1. The van der Waals surface area contributed by atoms with Gasteiger partial charge in [-0.3, -0.25) is 4.79 Å². The predicted molar refractivity (Wildman–Crippen MR) is 94.7 cm³/mol. The highest BCUT2D eigenvalue weighted by Crippen LogP contribution is 2.26.